The van der Waals surface area contributed by atoms with Gasteiger partial charge in [0.25, 0.3) is 0 Å². The van der Waals surface area contributed by atoms with Gasteiger partial charge in [0.05, 0.1) is 0 Å². The lowest BCUT2D eigenvalue weighted by Gasteiger charge is -2.21. The van der Waals surface area contributed by atoms with Crippen LogP contribution in [-0.4, -0.2) is 12.1 Å². The highest BCUT2D eigenvalue weighted by atomic mass is 19.1. The van der Waals surface area contributed by atoms with Crippen molar-refractivity contribution < 1.29 is 9.18 Å². The molecule has 2 N–H and O–H groups in total. The molecule has 2 nitrogen and oxygen atoms in total. The summed E-state index contributed by atoms with van der Waals surface area (Å²) in [6, 6.07) is 15.9. The largest absolute Gasteiger partial charge is 0.319 e. The molecule has 92 valence electrons. The monoisotopic (exact) mass is 243 g/mol. The molecule has 0 aromatic heterocycles. The third-order valence-corrected chi connectivity index (χ3v) is 2.94. The Morgan fingerprint density at radius 1 is 0.889 bits per heavy atom. The lowest BCUT2D eigenvalue weighted by molar-refractivity contribution is -0.130. The molecular weight excluding hydrogens is 229 g/mol. The molecule has 3 heteroatoms. The average molecular weight is 243 g/mol. The highest BCUT2D eigenvalue weighted by Gasteiger charge is 2.27. The highest BCUT2D eigenvalue weighted by molar-refractivity contribution is 5.76. The van der Waals surface area contributed by atoms with Crippen molar-refractivity contribution in [2.45, 2.75) is 12.0 Å². The van der Waals surface area contributed by atoms with Gasteiger partial charge < -0.3 is 5.73 Å². The summed E-state index contributed by atoms with van der Waals surface area (Å²) < 4.78 is 13.0. The van der Waals surface area contributed by atoms with Gasteiger partial charge in [-0.1, -0.05) is 60.7 Å². The van der Waals surface area contributed by atoms with E-state index in [0.29, 0.717) is 0 Å². The maximum absolute atomic E-state index is 13.0. The van der Waals surface area contributed by atoms with Gasteiger partial charge in [-0.2, -0.15) is 4.39 Å². The summed E-state index contributed by atoms with van der Waals surface area (Å²) in [7, 11) is 0. The van der Waals surface area contributed by atoms with Crippen molar-refractivity contribution in [2.75, 3.05) is 0 Å². The van der Waals surface area contributed by atoms with Gasteiger partial charge >= 0.3 is 6.04 Å². The van der Waals surface area contributed by atoms with E-state index in [1.165, 1.54) is 0 Å². The van der Waals surface area contributed by atoms with Crippen molar-refractivity contribution in [3.05, 3.63) is 71.8 Å². The van der Waals surface area contributed by atoms with E-state index in [1.807, 2.05) is 60.7 Å². The molecule has 18 heavy (non-hydrogen) atoms. The van der Waals surface area contributed by atoms with Crippen LogP contribution in [0.25, 0.3) is 0 Å². The molecule has 0 unspecified atom stereocenters. The van der Waals surface area contributed by atoms with Gasteiger partial charge in [-0.15, -0.1) is 0 Å². The van der Waals surface area contributed by atoms with Crippen LogP contribution in [0.4, 0.5) is 4.39 Å². The molecule has 0 bridgehead atoms. The number of hydrogen-bond donors (Lipinski definition) is 1. The van der Waals surface area contributed by atoms with Crippen LogP contribution in [0.2, 0.25) is 0 Å². The summed E-state index contributed by atoms with van der Waals surface area (Å²) >= 11 is 0. The smallest absolute Gasteiger partial charge is 0.318 e. The summed E-state index contributed by atoms with van der Waals surface area (Å²) in [4.78, 5) is 10.9. The van der Waals surface area contributed by atoms with E-state index in [2.05, 4.69) is 0 Å². The molecule has 0 saturated heterocycles. The number of benzene rings is 2. The first-order valence-corrected chi connectivity index (χ1v) is 5.75. The lowest BCUT2D eigenvalue weighted by atomic mass is 9.86. The van der Waals surface area contributed by atoms with Crippen molar-refractivity contribution >= 4 is 6.04 Å². The van der Waals surface area contributed by atoms with Gasteiger partial charge in [-0.25, -0.2) is 0 Å². The molecule has 0 amide bonds. The van der Waals surface area contributed by atoms with Gasteiger partial charge in [0.1, 0.15) is 6.04 Å². The van der Waals surface area contributed by atoms with E-state index < -0.39 is 18.0 Å². The fraction of sp³-hybridized carbons (Fsp3) is 0.133. The molecule has 0 heterocycles. The predicted octanol–water partition coefficient (Wildman–Crippen LogP) is 2.64. The van der Waals surface area contributed by atoms with Crippen LogP contribution >= 0.6 is 0 Å². The predicted molar refractivity (Wildman–Crippen MR) is 68.8 cm³/mol. The summed E-state index contributed by atoms with van der Waals surface area (Å²) in [6.45, 7) is 0. The van der Waals surface area contributed by atoms with E-state index in [1.54, 1.807) is 0 Å². The minimum atomic E-state index is -1.49. The summed E-state index contributed by atoms with van der Waals surface area (Å²) in [6.07, 6.45) is 0. The first kappa shape index (κ1) is 12.5. The van der Waals surface area contributed by atoms with Gasteiger partial charge in [0, 0.05) is 5.92 Å². The molecule has 1 atom stereocenters. The molecule has 2 aromatic carbocycles. The van der Waals surface area contributed by atoms with E-state index >= 15 is 0 Å². The Balaban J connectivity index is 2.45. The van der Waals surface area contributed by atoms with Gasteiger partial charge in [-0.3, -0.25) is 4.79 Å². The zero-order valence-corrected chi connectivity index (χ0v) is 9.79. The average Bonchev–Trinajstić information content (AvgIpc) is 2.41. The third kappa shape index (κ3) is 2.63. The molecule has 0 aliphatic heterocycles. The maximum Gasteiger partial charge on any atom is 0.319 e. The Morgan fingerprint density at radius 2 is 1.28 bits per heavy atom. The number of halogens is 1. The zero-order chi connectivity index (χ0) is 13.0. The van der Waals surface area contributed by atoms with E-state index in [4.69, 9.17) is 5.73 Å². The molecule has 0 aliphatic rings. The van der Waals surface area contributed by atoms with Crippen molar-refractivity contribution in [2.24, 2.45) is 5.73 Å². The minimum absolute atomic E-state index is 0.454. The first-order chi connectivity index (χ1) is 8.70. The van der Waals surface area contributed by atoms with E-state index in [9.17, 15) is 9.18 Å². The maximum atomic E-state index is 13.0. The second-order valence-corrected chi connectivity index (χ2v) is 4.13. The number of nitrogens with two attached hydrogens (primary N) is 1. The highest BCUT2D eigenvalue weighted by Crippen LogP contribution is 2.27. The van der Waals surface area contributed by atoms with Gasteiger partial charge in [0.15, 0.2) is 0 Å². The Bertz CT molecular complexity index is 473. The molecule has 2 aromatic rings. The van der Waals surface area contributed by atoms with Crippen LogP contribution in [0, 0.1) is 0 Å². The third-order valence-electron chi connectivity index (χ3n) is 2.94. The van der Waals surface area contributed by atoms with Crippen molar-refractivity contribution in [3.8, 4) is 0 Å². The number of carbonyl (C=O) groups excluding carboxylic acids is 1. The Kier molecular flexibility index (Phi) is 3.85. The normalized spacial score (nSPS) is 12.4. The van der Waals surface area contributed by atoms with Gasteiger partial charge in [0.2, 0.25) is 0 Å². The minimum Gasteiger partial charge on any atom is -0.318 e. The molecular formula is C15H14FNO. The summed E-state index contributed by atoms with van der Waals surface area (Å²) in [5, 5.41) is 0. The fourth-order valence-corrected chi connectivity index (χ4v) is 2.06. The van der Waals surface area contributed by atoms with E-state index in [0.717, 1.165) is 11.1 Å². The molecule has 0 fully saturated rings. The standard InChI is InChI=1S/C15H14FNO/c16-15(18)14(17)13(11-7-3-1-4-8-11)12-9-5-2-6-10-12/h1-10,13-14H,17H2/t14-/m0/s1. The SMILES string of the molecule is N[C@H](C(=O)F)C(c1ccccc1)c1ccccc1. The zero-order valence-electron chi connectivity index (χ0n) is 9.79. The van der Waals surface area contributed by atoms with Crippen LogP contribution in [0.15, 0.2) is 60.7 Å². The van der Waals surface area contributed by atoms with Crippen LogP contribution in [0.3, 0.4) is 0 Å². The molecule has 0 aliphatic carbocycles. The Morgan fingerprint density at radius 3 is 1.61 bits per heavy atom. The summed E-state index contributed by atoms with van der Waals surface area (Å²) in [5.41, 5.74) is 7.37. The number of rotatable bonds is 4. The Labute approximate surface area is 105 Å². The second kappa shape index (κ2) is 5.56. The topological polar surface area (TPSA) is 43.1 Å². The summed E-state index contributed by atoms with van der Waals surface area (Å²) in [5.74, 6) is -0.454. The molecule has 2 rings (SSSR count). The lowest BCUT2D eigenvalue weighted by Crippen LogP contribution is -2.35. The Hall–Kier alpha value is -2.00. The second-order valence-electron chi connectivity index (χ2n) is 4.13. The first-order valence-electron chi connectivity index (χ1n) is 5.75. The van der Waals surface area contributed by atoms with Crippen molar-refractivity contribution in [1.82, 2.24) is 0 Å². The quantitative estimate of drug-likeness (QED) is 0.839. The molecule has 0 saturated carbocycles. The van der Waals surface area contributed by atoms with E-state index in [-0.39, 0.29) is 0 Å². The van der Waals surface area contributed by atoms with Crippen LogP contribution in [0.5, 0.6) is 0 Å². The van der Waals surface area contributed by atoms with Crippen LogP contribution < -0.4 is 5.73 Å². The number of carbonyl (C=O) groups is 1. The molecule has 0 spiro atoms. The van der Waals surface area contributed by atoms with Crippen molar-refractivity contribution in [1.29, 1.82) is 0 Å². The molecule has 0 radical (unpaired) electrons. The van der Waals surface area contributed by atoms with Gasteiger partial charge in [-0.05, 0) is 11.1 Å². The van der Waals surface area contributed by atoms with Crippen LogP contribution in [0.1, 0.15) is 17.0 Å². The number of hydrogen-bond acceptors (Lipinski definition) is 2. The van der Waals surface area contributed by atoms with Crippen molar-refractivity contribution in [3.63, 3.8) is 0 Å². The van der Waals surface area contributed by atoms with Crippen LogP contribution in [-0.2, 0) is 4.79 Å². The fourth-order valence-electron chi connectivity index (χ4n) is 2.06.